The van der Waals surface area contributed by atoms with E-state index >= 15 is 0 Å². The molecule has 4 aromatic rings. The first-order valence-corrected chi connectivity index (χ1v) is 15.5. The number of aromatic amines is 1. The summed E-state index contributed by atoms with van der Waals surface area (Å²) >= 11 is 1.56. The molecule has 0 amide bonds. The maximum absolute atomic E-state index is 12.5. The van der Waals surface area contributed by atoms with Crippen molar-refractivity contribution in [3.8, 4) is 5.75 Å². The Morgan fingerprint density at radius 3 is 2.74 bits per heavy atom. The van der Waals surface area contributed by atoms with Crippen molar-refractivity contribution >= 4 is 48.5 Å². The van der Waals surface area contributed by atoms with Gasteiger partial charge in [0, 0.05) is 60.1 Å². The molecular formula is C27H30N4O5S2. The number of H-pyrrole nitrogens is 1. The van der Waals surface area contributed by atoms with Gasteiger partial charge in [0.05, 0.1) is 17.6 Å². The van der Waals surface area contributed by atoms with Crippen molar-refractivity contribution in [1.29, 1.82) is 0 Å². The zero-order valence-corrected chi connectivity index (χ0v) is 22.8. The molecule has 2 aromatic carbocycles. The Hall–Kier alpha value is -2.99. The monoisotopic (exact) mass is 554 g/mol. The van der Waals surface area contributed by atoms with Gasteiger partial charge in [-0.1, -0.05) is 12.1 Å². The third-order valence-corrected chi connectivity index (χ3v) is 8.71. The van der Waals surface area contributed by atoms with Gasteiger partial charge in [-0.3, -0.25) is 13.9 Å². The summed E-state index contributed by atoms with van der Waals surface area (Å²) in [5, 5.41) is 2.01. The number of fused-ring (bicyclic) bond motifs is 4. The number of rotatable bonds is 8. The summed E-state index contributed by atoms with van der Waals surface area (Å²) in [5.74, 6) is 1.79. The molecule has 9 nitrogen and oxygen atoms in total. The van der Waals surface area contributed by atoms with Crippen LogP contribution in [0.25, 0.3) is 21.0 Å². The highest BCUT2D eigenvalue weighted by molar-refractivity contribution is 7.86. The first kappa shape index (κ1) is 25.3. The highest BCUT2D eigenvalue weighted by atomic mass is 32.2. The van der Waals surface area contributed by atoms with Crippen molar-refractivity contribution in [3.05, 3.63) is 63.9 Å². The van der Waals surface area contributed by atoms with Gasteiger partial charge in [0.1, 0.15) is 17.7 Å². The van der Waals surface area contributed by atoms with Crippen LogP contribution in [0, 0.1) is 0 Å². The second-order valence-corrected chi connectivity index (χ2v) is 12.3. The smallest absolute Gasteiger partial charge is 0.264 e. The van der Waals surface area contributed by atoms with Crippen LogP contribution >= 0.6 is 11.5 Å². The van der Waals surface area contributed by atoms with Crippen molar-refractivity contribution in [1.82, 2.24) is 14.3 Å². The molecule has 6 rings (SSSR count). The number of anilines is 1. The van der Waals surface area contributed by atoms with Gasteiger partial charge < -0.3 is 14.6 Å². The average Bonchev–Trinajstić information content (AvgIpc) is 3.51. The second kappa shape index (κ2) is 10.3. The number of benzene rings is 2. The fourth-order valence-corrected chi connectivity index (χ4v) is 6.94. The molecule has 0 radical (unpaired) electrons. The van der Waals surface area contributed by atoms with Gasteiger partial charge in [0.2, 0.25) is 0 Å². The van der Waals surface area contributed by atoms with Crippen LogP contribution in [0.15, 0.2) is 47.3 Å². The SMILES string of the molecule is CS(=O)(=O)OC1CCc2c1c1cc(OCCCN3CCN(c4nsc5ccccc45)CC3)ccc1[nH]c2=O. The van der Waals surface area contributed by atoms with Crippen molar-refractivity contribution < 1.29 is 17.3 Å². The number of piperazine rings is 1. The fraction of sp³-hybridized carbons (Fsp3) is 0.407. The normalized spacial score (nSPS) is 18.3. The van der Waals surface area contributed by atoms with E-state index < -0.39 is 16.2 Å². The van der Waals surface area contributed by atoms with Crippen LogP contribution in [0.3, 0.4) is 0 Å². The minimum absolute atomic E-state index is 0.191. The minimum Gasteiger partial charge on any atom is -0.494 e. The molecule has 1 N–H and O–H groups in total. The standard InChI is InChI=1S/C27H30N4O5S2/c1-38(33,34)36-23-10-8-20-25(23)21-17-18(7-9-22(21)28-27(20)32)35-16-4-11-30-12-14-31(15-13-30)26-19-5-2-3-6-24(19)37-29-26/h2-3,5-7,9,17,23H,4,8,10-16H2,1H3,(H,28,32). The number of ether oxygens (including phenoxy) is 1. The summed E-state index contributed by atoms with van der Waals surface area (Å²) in [5.41, 5.74) is 1.71. The quantitative estimate of drug-likeness (QED) is 0.260. The van der Waals surface area contributed by atoms with Crippen LogP contribution in [-0.2, 0) is 20.7 Å². The molecule has 1 aliphatic heterocycles. The summed E-state index contributed by atoms with van der Waals surface area (Å²) in [6, 6.07) is 13.9. The Morgan fingerprint density at radius 1 is 1.11 bits per heavy atom. The summed E-state index contributed by atoms with van der Waals surface area (Å²) < 4.78 is 40.9. The molecule has 200 valence electrons. The molecule has 1 saturated heterocycles. The minimum atomic E-state index is -3.65. The predicted molar refractivity (Wildman–Crippen MR) is 150 cm³/mol. The van der Waals surface area contributed by atoms with E-state index in [9.17, 15) is 13.2 Å². The lowest BCUT2D eigenvalue weighted by Crippen LogP contribution is -2.47. The molecule has 2 aliphatic rings. The molecule has 1 fully saturated rings. The number of pyridine rings is 1. The molecule has 3 heterocycles. The van der Waals surface area contributed by atoms with Crippen LogP contribution in [0.1, 0.15) is 30.1 Å². The summed E-state index contributed by atoms with van der Waals surface area (Å²) in [7, 11) is -3.65. The average molecular weight is 555 g/mol. The first-order chi connectivity index (χ1) is 18.4. The third-order valence-electron chi connectivity index (χ3n) is 7.32. The van der Waals surface area contributed by atoms with E-state index in [1.807, 2.05) is 18.2 Å². The molecule has 0 spiro atoms. The largest absolute Gasteiger partial charge is 0.494 e. The van der Waals surface area contributed by atoms with Gasteiger partial charge in [-0.25, -0.2) is 0 Å². The molecular weight excluding hydrogens is 524 g/mol. The molecule has 1 atom stereocenters. The highest BCUT2D eigenvalue weighted by Crippen LogP contribution is 2.38. The van der Waals surface area contributed by atoms with Crippen LogP contribution in [0.4, 0.5) is 5.82 Å². The second-order valence-electron chi connectivity index (χ2n) is 9.91. The van der Waals surface area contributed by atoms with Gasteiger partial charge in [-0.05, 0) is 61.1 Å². The van der Waals surface area contributed by atoms with Crippen molar-refractivity contribution in [3.63, 3.8) is 0 Å². The Bertz CT molecular complexity index is 1640. The number of nitrogens with zero attached hydrogens (tertiary/aromatic N) is 3. The van der Waals surface area contributed by atoms with E-state index in [-0.39, 0.29) is 5.56 Å². The van der Waals surface area contributed by atoms with Gasteiger partial charge >= 0.3 is 0 Å². The van der Waals surface area contributed by atoms with Crippen LogP contribution < -0.4 is 15.2 Å². The van der Waals surface area contributed by atoms with E-state index in [1.54, 1.807) is 11.5 Å². The topological polar surface area (TPSA) is 105 Å². The molecule has 1 unspecified atom stereocenters. The summed E-state index contributed by atoms with van der Waals surface area (Å²) in [6.07, 6.45) is 2.22. The zero-order valence-electron chi connectivity index (χ0n) is 21.2. The zero-order chi connectivity index (χ0) is 26.3. The molecule has 0 saturated carbocycles. The van der Waals surface area contributed by atoms with Gasteiger partial charge in [0.15, 0.2) is 0 Å². The Balaban J connectivity index is 1.05. The Morgan fingerprint density at radius 2 is 1.92 bits per heavy atom. The third kappa shape index (κ3) is 5.15. The number of aromatic nitrogens is 2. The van der Waals surface area contributed by atoms with E-state index in [0.29, 0.717) is 41.8 Å². The molecule has 1 aliphatic carbocycles. The van der Waals surface area contributed by atoms with Gasteiger partial charge in [-0.15, -0.1) is 0 Å². The van der Waals surface area contributed by atoms with E-state index in [4.69, 9.17) is 13.3 Å². The molecule has 2 aromatic heterocycles. The fourth-order valence-electron chi connectivity index (χ4n) is 5.53. The van der Waals surface area contributed by atoms with Crippen LogP contribution in [0.5, 0.6) is 5.75 Å². The summed E-state index contributed by atoms with van der Waals surface area (Å²) in [4.78, 5) is 20.3. The van der Waals surface area contributed by atoms with Crippen molar-refractivity contribution in [2.24, 2.45) is 0 Å². The number of hydrogen-bond donors (Lipinski definition) is 1. The lowest BCUT2D eigenvalue weighted by atomic mass is 10.0. The van der Waals surface area contributed by atoms with Crippen LogP contribution in [0.2, 0.25) is 0 Å². The number of nitrogens with one attached hydrogen (secondary N) is 1. The molecule has 38 heavy (non-hydrogen) atoms. The van der Waals surface area contributed by atoms with Crippen LogP contribution in [-0.4, -0.2) is 68.3 Å². The predicted octanol–water partition coefficient (Wildman–Crippen LogP) is 3.69. The highest BCUT2D eigenvalue weighted by Gasteiger charge is 2.31. The maximum Gasteiger partial charge on any atom is 0.264 e. The molecule has 11 heteroatoms. The maximum atomic E-state index is 12.5. The summed E-state index contributed by atoms with van der Waals surface area (Å²) in [6.45, 7) is 5.41. The molecule has 0 bridgehead atoms. The van der Waals surface area contributed by atoms with Gasteiger partial charge in [0.25, 0.3) is 15.7 Å². The Kier molecular flexibility index (Phi) is 6.85. The number of hydrogen-bond acceptors (Lipinski definition) is 9. The lowest BCUT2D eigenvalue weighted by molar-refractivity contribution is 0.219. The van der Waals surface area contributed by atoms with E-state index in [2.05, 4.69) is 39.0 Å². The van der Waals surface area contributed by atoms with Crippen molar-refractivity contribution in [2.45, 2.75) is 25.4 Å². The van der Waals surface area contributed by atoms with E-state index in [1.165, 1.54) is 10.1 Å². The first-order valence-electron chi connectivity index (χ1n) is 12.9. The Labute approximate surface area is 225 Å². The van der Waals surface area contributed by atoms with Crippen molar-refractivity contribution in [2.75, 3.05) is 50.5 Å². The van der Waals surface area contributed by atoms with E-state index in [0.717, 1.165) is 56.6 Å². The lowest BCUT2D eigenvalue weighted by Gasteiger charge is -2.35. The van der Waals surface area contributed by atoms with Gasteiger partial charge in [-0.2, -0.15) is 12.8 Å².